The molecular formula is C11H10O. The van der Waals surface area contributed by atoms with Gasteiger partial charge in [-0.2, -0.15) is 0 Å². The predicted molar refractivity (Wildman–Crippen MR) is 49.0 cm³/mol. The first kappa shape index (κ1) is 7.29. The highest BCUT2D eigenvalue weighted by molar-refractivity contribution is 5.82. The molecule has 0 aliphatic heterocycles. The second-order valence-electron chi connectivity index (χ2n) is 3.05. The number of benzene rings is 1. The maximum Gasteiger partial charge on any atom is 0.150 e. The molecule has 1 saturated carbocycles. The quantitative estimate of drug-likeness (QED) is 0.605. The molecule has 2 rings (SSSR count). The number of carbonyl (C=O) groups excluding carboxylic acids is 1. The van der Waals surface area contributed by atoms with Crippen LogP contribution >= 0.6 is 0 Å². The van der Waals surface area contributed by atoms with Crippen LogP contribution in [0.1, 0.15) is 28.8 Å². The summed E-state index contributed by atoms with van der Waals surface area (Å²) >= 11 is 0. The van der Waals surface area contributed by atoms with Crippen LogP contribution in [0.2, 0.25) is 0 Å². The van der Waals surface area contributed by atoms with Crippen LogP contribution in [0.4, 0.5) is 0 Å². The largest absolute Gasteiger partial charge is 0.298 e. The summed E-state index contributed by atoms with van der Waals surface area (Å²) in [7, 11) is 0. The zero-order chi connectivity index (χ0) is 8.39. The van der Waals surface area contributed by atoms with Crippen molar-refractivity contribution in [3.63, 3.8) is 0 Å². The van der Waals surface area contributed by atoms with Crippen LogP contribution in [0.25, 0.3) is 6.08 Å². The Morgan fingerprint density at radius 2 is 1.75 bits per heavy atom. The van der Waals surface area contributed by atoms with Crippen LogP contribution in [0.15, 0.2) is 29.8 Å². The molecule has 1 aromatic carbocycles. The molecule has 12 heavy (non-hydrogen) atoms. The van der Waals surface area contributed by atoms with E-state index in [2.05, 4.69) is 6.08 Å². The molecule has 0 saturated heterocycles. The van der Waals surface area contributed by atoms with E-state index in [-0.39, 0.29) is 0 Å². The van der Waals surface area contributed by atoms with Gasteiger partial charge in [-0.05, 0) is 18.4 Å². The molecule has 1 aliphatic rings. The number of hydrogen-bond donors (Lipinski definition) is 0. The van der Waals surface area contributed by atoms with Gasteiger partial charge in [0.25, 0.3) is 0 Å². The monoisotopic (exact) mass is 158 g/mol. The SMILES string of the molecule is O=Cc1ccccc1C=C1CC1. The van der Waals surface area contributed by atoms with Crippen LogP contribution in [0.3, 0.4) is 0 Å². The fourth-order valence-corrected chi connectivity index (χ4v) is 1.19. The van der Waals surface area contributed by atoms with Crippen molar-refractivity contribution < 1.29 is 4.79 Å². The molecule has 0 N–H and O–H groups in total. The standard InChI is InChI=1S/C11H10O/c12-8-11-4-2-1-3-10(11)7-9-5-6-9/h1-4,7-8H,5-6H2. The van der Waals surface area contributed by atoms with E-state index in [1.165, 1.54) is 18.4 Å². The molecule has 0 radical (unpaired) electrons. The van der Waals surface area contributed by atoms with E-state index in [0.29, 0.717) is 0 Å². The number of hydrogen-bond acceptors (Lipinski definition) is 1. The summed E-state index contributed by atoms with van der Waals surface area (Å²) in [4.78, 5) is 10.6. The van der Waals surface area contributed by atoms with Crippen molar-refractivity contribution in [2.45, 2.75) is 12.8 Å². The third-order valence-corrected chi connectivity index (χ3v) is 2.02. The van der Waals surface area contributed by atoms with E-state index >= 15 is 0 Å². The summed E-state index contributed by atoms with van der Waals surface area (Å²) in [6, 6.07) is 7.68. The molecule has 1 nitrogen and oxygen atoms in total. The molecule has 0 heterocycles. The van der Waals surface area contributed by atoms with Gasteiger partial charge in [-0.3, -0.25) is 4.79 Å². The summed E-state index contributed by atoms with van der Waals surface area (Å²) in [6.45, 7) is 0. The third kappa shape index (κ3) is 1.45. The first-order valence-corrected chi connectivity index (χ1v) is 4.14. The van der Waals surface area contributed by atoms with E-state index in [1.54, 1.807) is 0 Å². The third-order valence-electron chi connectivity index (χ3n) is 2.02. The molecule has 0 spiro atoms. The van der Waals surface area contributed by atoms with E-state index in [1.807, 2.05) is 24.3 Å². The van der Waals surface area contributed by atoms with Crippen LogP contribution in [0, 0.1) is 0 Å². The lowest BCUT2D eigenvalue weighted by molar-refractivity contribution is 0.112. The molecule has 0 amide bonds. The Morgan fingerprint density at radius 3 is 2.33 bits per heavy atom. The normalized spacial score (nSPS) is 14.2. The van der Waals surface area contributed by atoms with Gasteiger partial charge in [0.15, 0.2) is 6.29 Å². The fourth-order valence-electron chi connectivity index (χ4n) is 1.19. The van der Waals surface area contributed by atoms with Gasteiger partial charge < -0.3 is 0 Å². The molecular weight excluding hydrogens is 148 g/mol. The van der Waals surface area contributed by atoms with Crippen molar-refractivity contribution in [3.05, 3.63) is 41.0 Å². The van der Waals surface area contributed by atoms with Crippen molar-refractivity contribution in [1.82, 2.24) is 0 Å². The average molecular weight is 158 g/mol. The second-order valence-corrected chi connectivity index (χ2v) is 3.05. The minimum absolute atomic E-state index is 0.789. The van der Waals surface area contributed by atoms with Crippen molar-refractivity contribution >= 4 is 12.4 Å². The highest BCUT2D eigenvalue weighted by atomic mass is 16.1. The first-order valence-electron chi connectivity index (χ1n) is 4.14. The summed E-state index contributed by atoms with van der Waals surface area (Å²) in [6.07, 6.45) is 5.43. The van der Waals surface area contributed by atoms with Crippen molar-refractivity contribution in [2.24, 2.45) is 0 Å². The van der Waals surface area contributed by atoms with Gasteiger partial charge in [-0.25, -0.2) is 0 Å². The Kier molecular flexibility index (Phi) is 1.78. The number of aldehydes is 1. The van der Waals surface area contributed by atoms with Gasteiger partial charge in [-0.1, -0.05) is 35.9 Å². The number of rotatable bonds is 2. The summed E-state index contributed by atoms with van der Waals surface area (Å²) in [5.41, 5.74) is 3.29. The minimum atomic E-state index is 0.789. The zero-order valence-electron chi connectivity index (χ0n) is 6.79. The fraction of sp³-hybridized carbons (Fsp3) is 0.182. The van der Waals surface area contributed by atoms with Crippen LogP contribution in [0.5, 0.6) is 0 Å². The molecule has 0 unspecified atom stereocenters. The molecule has 0 bridgehead atoms. The summed E-state index contributed by atoms with van der Waals surface area (Å²) in [5, 5.41) is 0. The van der Waals surface area contributed by atoms with Crippen LogP contribution < -0.4 is 0 Å². The van der Waals surface area contributed by atoms with E-state index in [4.69, 9.17) is 0 Å². The highest BCUT2D eigenvalue weighted by Gasteiger charge is 2.11. The molecule has 60 valence electrons. The lowest BCUT2D eigenvalue weighted by atomic mass is 10.1. The van der Waals surface area contributed by atoms with Gasteiger partial charge in [0.2, 0.25) is 0 Å². The summed E-state index contributed by atoms with van der Waals surface area (Å²) < 4.78 is 0. The van der Waals surface area contributed by atoms with Gasteiger partial charge in [0.1, 0.15) is 0 Å². The van der Waals surface area contributed by atoms with Crippen LogP contribution in [-0.2, 0) is 0 Å². The van der Waals surface area contributed by atoms with E-state index < -0.39 is 0 Å². The Bertz CT molecular complexity index is 331. The Balaban J connectivity index is 2.40. The van der Waals surface area contributed by atoms with Crippen molar-refractivity contribution in [3.8, 4) is 0 Å². The van der Waals surface area contributed by atoms with Gasteiger partial charge >= 0.3 is 0 Å². The van der Waals surface area contributed by atoms with Crippen LogP contribution in [-0.4, -0.2) is 6.29 Å². The maximum absolute atomic E-state index is 10.6. The number of carbonyl (C=O) groups is 1. The first-order chi connectivity index (χ1) is 5.90. The smallest absolute Gasteiger partial charge is 0.150 e. The maximum atomic E-state index is 10.6. The molecule has 0 atom stereocenters. The predicted octanol–water partition coefficient (Wildman–Crippen LogP) is 2.68. The molecule has 1 aromatic rings. The lowest BCUT2D eigenvalue weighted by Crippen LogP contribution is -1.83. The lowest BCUT2D eigenvalue weighted by Gasteiger charge is -1.95. The minimum Gasteiger partial charge on any atom is -0.298 e. The zero-order valence-corrected chi connectivity index (χ0v) is 6.79. The van der Waals surface area contributed by atoms with E-state index in [0.717, 1.165) is 17.4 Å². The van der Waals surface area contributed by atoms with E-state index in [9.17, 15) is 4.79 Å². The van der Waals surface area contributed by atoms with Crippen molar-refractivity contribution in [1.29, 1.82) is 0 Å². The molecule has 1 aliphatic carbocycles. The van der Waals surface area contributed by atoms with Gasteiger partial charge in [0.05, 0.1) is 0 Å². The van der Waals surface area contributed by atoms with Gasteiger partial charge in [0, 0.05) is 5.56 Å². The van der Waals surface area contributed by atoms with Crippen molar-refractivity contribution in [2.75, 3.05) is 0 Å². The Morgan fingerprint density at radius 1 is 1.08 bits per heavy atom. The molecule has 1 fully saturated rings. The average Bonchev–Trinajstić information content (AvgIpc) is 2.89. The molecule has 1 heteroatoms. The summed E-state index contributed by atoms with van der Waals surface area (Å²) in [5.74, 6) is 0. The highest BCUT2D eigenvalue weighted by Crippen LogP contribution is 2.30. The second kappa shape index (κ2) is 2.94. The Hall–Kier alpha value is -1.37. The molecule has 0 aromatic heterocycles. The topological polar surface area (TPSA) is 17.1 Å². The van der Waals surface area contributed by atoms with Gasteiger partial charge in [-0.15, -0.1) is 0 Å². The Labute approximate surface area is 71.7 Å². The number of allylic oxidation sites excluding steroid dienone is 1.